The highest BCUT2D eigenvalue weighted by molar-refractivity contribution is 8.14. The van der Waals surface area contributed by atoms with Gasteiger partial charge in [0.2, 0.25) is 0 Å². The summed E-state index contributed by atoms with van der Waals surface area (Å²) in [6.07, 6.45) is 1.68. The highest BCUT2D eigenvalue weighted by atomic mass is 35.5. The zero-order valence-electron chi connectivity index (χ0n) is 12.4. The van der Waals surface area contributed by atoms with Crippen molar-refractivity contribution in [1.29, 1.82) is 0 Å². The number of nitrogens with zero attached hydrogens (tertiary/aromatic N) is 3. The number of aliphatic imine (C=N–C) groups is 1. The lowest BCUT2D eigenvalue weighted by Crippen LogP contribution is -2.50. The van der Waals surface area contributed by atoms with E-state index < -0.39 is 0 Å². The highest BCUT2D eigenvalue weighted by Gasteiger charge is 2.31. The smallest absolute Gasteiger partial charge is 0.284 e. The number of rotatable bonds is 4. The molecule has 1 heterocycles. The van der Waals surface area contributed by atoms with E-state index in [2.05, 4.69) is 11.6 Å². The zero-order valence-corrected chi connectivity index (χ0v) is 14.8. The Morgan fingerprint density at radius 3 is 2.55 bits per heavy atom. The quantitative estimate of drug-likeness (QED) is 0.720. The molecule has 1 aliphatic heterocycles. The summed E-state index contributed by atoms with van der Waals surface area (Å²) >= 11 is 13.6. The summed E-state index contributed by atoms with van der Waals surface area (Å²) in [7, 11) is 0. The number of halogens is 2. The average Bonchev–Trinajstić information content (AvgIpc) is 2.41. The second kappa shape index (κ2) is 7.40. The predicted molar refractivity (Wildman–Crippen MR) is 96.3 cm³/mol. The number of amides is 2. The number of benzene rings is 1. The minimum atomic E-state index is -0.156. The average molecular weight is 358 g/mol. The van der Waals surface area contributed by atoms with Crippen LogP contribution in [0.15, 0.2) is 35.8 Å². The van der Waals surface area contributed by atoms with Crippen LogP contribution in [0, 0.1) is 0 Å². The van der Waals surface area contributed by atoms with Crippen LogP contribution in [0.1, 0.15) is 13.8 Å². The van der Waals surface area contributed by atoms with Crippen LogP contribution in [0.2, 0.25) is 10.0 Å². The Labute approximate surface area is 144 Å². The molecular weight excluding hydrogens is 341 g/mol. The first-order valence-corrected chi connectivity index (χ1v) is 8.53. The predicted octanol–water partition coefficient (Wildman–Crippen LogP) is 4.88. The molecule has 0 spiro atoms. The first-order chi connectivity index (χ1) is 10.4. The molecule has 0 unspecified atom stereocenters. The van der Waals surface area contributed by atoms with Crippen molar-refractivity contribution in [3.05, 3.63) is 40.9 Å². The lowest BCUT2D eigenvalue weighted by molar-refractivity contribution is 0.230. The van der Waals surface area contributed by atoms with E-state index in [1.165, 1.54) is 11.8 Å². The fourth-order valence-electron chi connectivity index (χ4n) is 1.98. The van der Waals surface area contributed by atoms with Crippen molar-refractivity contribution < 1.29 is 4.79 Å². The number of thioether (sulfide) groups is 1. The van der Waals surface area contributed by atoms with Crippen LogP contribution in [0.3, 0.4) is 0 Å². The molecule has 118 valence electrons. The van der Waals surface area contributed by atoms with Crippen LogP contribution in [0.25, 0.3) is 0 Å². The number of urea groups is 1. The van der Waals surface area contributed by atoms with E-state index in [1.54, 1.807) is 34.1 Å². The number of hydrogen-bond acceptors (Lipinski definition) is 3. The van der Waals surface area contributed by atoms with Crippen LogP contribution in [0.4, 0.5) is 10.5 Å². The Morgan fingerprint density at radius 1 is 1.36 bits per heavy atom. The molecule has 1 saturated heterocycles. The Hall–Kier alpha value is -1.17. The van der Waals surface area contributed by atoms with Crippen molar-refractivity contribution in [3.63, 3.8) is 0 Å². The maximum Gasteiger partial charge on any atom is 0.331 e. The zero-order chi connectivity index (χ0) is 16.3. The molecule has 1 aromatic carbocycles. The fourth-order valence-corrected chi connectivity index (χ4v) is 3.59. The van der Waals surface area contributed by atoms with Gasteiger partial charge in [-0.2, -0.15) is 0 Å². The van der Waals surface area contributed by atoms with Crippen molar-refractivity contribution in [3.8, 4) is 0 Å². The van der Waals surface area contributed by atoms with E-state index in [0.29, 0.717) is 33.3 Å². The largest absolute Gasteiger partial charge is 0.331 e. The third kappa shape index (κ3) is 3.97. The van der Waals surface area contributed by atoms with Gasteiger partial charge >= 0.3 is 6.03 Å². The summed E-state index contributed by atoms with van der Waals surface area (Å²) in [6.45, 7) is 8.07. The van der Waals surface area contributed by atoms with Crippen molar-refractivity contribution in [2.75, 3.05) is 17.3 Å². The Balaban J connectivity index is 2.33. The lowest BCUT2D eigenvalue weighted by Gasteiger charge is -2.35. The monoisotopic (exact) mass is 357 g/mol. The van der Waals surface area contributed by atoms with Gasteiger partial charge in [0.15, 0.2) is 5.17 Å². The first-order valence-electron chi connectivity index (χ1n) is 6.79. The van der Waals surface area contributed by atoms with Gasteiger partial charge in [-0.3, -0.25) is 14.8 Å². The van der Waals surface area contributed by atoms with Crippen molar-refractivity contribution in [2.24, 2.45) is 4.99 Å². The molecule has 0 atom stereocenters. The molecule has 2 rings (SSSR count). The van der Waals surface area contributed by atoms with Gasteiger partial charge in [0.25, 0.3) is 0 Å². The molecule has 7 heteroatoms. The normalized spacial score (nSPS) is 17.5. The van der Waals surface area contributed by atoms with E-state index in [1.807, 2.05) is 13.8 Å². The third-order valence-corrected chi connectivity index (χ3v) is 4.26. The van der Waals surface area contributed by atoms with Crippen LogP contribution in [-0.2, 0) is 0 Å². The molecule has 1 aliphatic rings. The Kier molecular flexibility index (Phi) is 5.78. The molecule has 4 nitrogen and oxygen atoms in total. The fraction of sp³-hybridized carbons (Fsp3) is 0.333. The van der Waals surface area contributed by atoms with Crippen LogP contribution < -0.4 is 4.90 Å². The number of anilines is 1. The second-order valence-corrected chi connectivity index (χ2v) is 6.80. The summed E-state index contributed by atoms with van der Waals surface area (Å²) < 4.78 is 0. The van der Waals surface area contributed by atoms with Crippen LogP contribution in [0.5, 0.6) is 0 Å². The molecule has 0 saturated carbocycles. The number of carbonyl (C=O) groups is 1. The van der Waals surface area contributed by atoms with Crippen LogP contribution >= 0.6 is 35.0 Å². The van der Waals surface area contributed by atoms with E-state index in [4.69, 9.17) is 23.2 Å². The minimum Gasteiger partial charge on any atom is -0.284 e. The number of amidine groups is 1. The summed E-state index contributed by atoms with van der Waals surface area (Å²) in [5.74, 6) is 0.467. The minimum absolute atomic E-state index is 0.120. The van der Waals surface area contributed by atoms with Gasteiger partial charge in [0, 0.05) is 28.3 Å². The van der Waals surface area contributed by atoms with Crippen molar-refractivity contribution in [2.45, 2.75) is 19.9 Å². The molecule has 0 N–H and O–H groups in total. The lowest BCUT2D eigenvalue weighted by atomic mass is 10.3. The Morgan fingerprint density at radius 2 is 2.00 bits per heavy atom. The number of hydrogen-bond donors (Lipinski definition) is 0. The summed E-state index contributed by atoms with van der Waals surface area (Å²) in [6, 6.07) is 5.05. The maximum atomic E-state index is 12.8. The van der Waals surface area contributed by atoms with Gasteiger partial charge in [-0.1, -0.05) is 41.0 Å². The first kappa shape index (κ1) is 17.2. The molecule has 1 aromatic rings. The molecule has 0 bridgehead atoms. The van der Waals surface area contributed by atoms with Crippen molar-refractivity contribution in [1.82, 2.24) is 4.90 Å². The van der Waals surface area contributed by atoms with Crippen molar-refractivity contribution >= 4 is 51.8 Å². The van der Waals surface area contributed by atoms with Gasteiger partial charge < -0.3 is 0 Å². The van der Waals surface area contributed by atoms with Gasteiger partial charge in [0.1, 0.15) is 0 Å². The molecule has 0 aromatic heterocycles. The Bertz CT molecular complexity index is 599. The molecule has 22 heavy (non-hydrogen) atoms. The number of carbonyl (C=O) groups excluding carboxylic acids is 1. The molecular formula is C15H17Cl2N3OS. The summed E-state index contributed by atoms with van der Waals surface area (Å²) in [4.78, 5) is 20.5. The van der Waals surface area contributed by atoms with E-state index in [-0.39, 0.29) is 12.1 Å². The van der Waals surface area contributed by atoms with Crippen LogP contribution in [-0.4, -0.2) is 34.6 Å². The summed E-state index contributed by atoms with van der Waals surface area (Å²) in [5.41, 5.74) is 0.674. The maximum absolute atomic E-state index is 12.8. The van der Waals surface area contributed by atoms with E-state index in [0.717, 1.165) is 0 Å². The van der Waals surface area contributed by atoms with Gasteiger partial charge in [0.05, 0.1) is 5.88 Å². The second-order valence-electron chi connectivity index (χ2n) is 5.02. The van der Waals surface area contributed by atoms with E-state index in [9.17, 15) is 4.79 Å². The standard InChI is InChI=1S/C15H17Cl2N3OS/c1-4-5-19-14(18-10(2)3)22-9-20(15(19)21)13-7-11(16)6-12(17)8-13/h4,6-8,10H,1,5,9H2,2-3H3/b18-14-. The highest BCUT2D eigenvalue weighted by Crippen LogP contribution is 2.31. The topological polar surface area (TPSA) is 35.9 Å². The third-order valence-electron chi connectivity index (χ3n) is 2.85. The van der Waals surface area contributed by atoms with Gasteiger partial charge in [-0.15, -0.1) is 6.58 Å². The summed E-state index contributed by atoms with van der Waals surface area (Å²) in [5, 5.41) is 1.71. The van der Waals surface area contributed by atoms with Gasteiger partial charge in [-0.05, 0) is 32.0 Å². The molecule has 0 radical (unpaired) electrons. The molecule has 2 amide bonds. The molecule has 0 aliphatic carbocycles. The van der Waals surface area contributed by atoms with E-state index >= 15 is 0 Å². The van der Waals surface area contributed by atoms with Gasteiger partial charge in [-0.25, -0.2) is 4.79 Å². The molecule has 1 fully saturated rings. The SMILES string of the molecule is C=CCN1C(=O)N(c2cc(Cl)cc(Cl)c2)CS/C1=N\C(C)C.